The second-order valence-electron chi connectivity index (χ2n) is 7.11. The highest BCUT2D eigenvalue weighted by atomic mass is 16.5. The van der Waals surface area contributed by atoms with Crippen LogP contribution in [0.1, 0.15) is 29.2 Å². The van der Waals surface area contributed by atoms with Crippen molar-refractivity contribution >= 4 is 11.9 Å². The number of nitrogens with zero attached hydrogens (tertiary/aromatic N) is 1. The summed E-state index contributed by atoms with van der Waals surface area (Å²) in [5, 5.41) is 0. The third-order valence-electron chi connectivity index (χ3n) is 5.54. The molecular weight excluding hydrogens is 326 g/mol. The Kier molecular flexibility index (Phi) is 4.49. The first-order valence-electron chi connectivity index (χ1n) is 9.26. The van der Waals surface area contributed by atoms with Crippen molar-refractivity contribution in [1.29, 1.82) is 0 Å². The lowest BCUT2D eigenvalue weighted by Gasteiger charge is -2.33. The number of carbonyl (C=O) groups is 2. The topological polar surface area (TPSA) is 46.6 Å². The maximum atomic E-state index is 13.3. The first kappa shape index (κ1) is 16.8. The molecule has 2 aromatic rings. The minimum Gasteiger partial charge on any atom is -0.466 e. The molecule has 0 unspecified atom stereocenters. The fourth-order valence-electron chi connectivity index (χ4n) is 4.19. The Morgan fingerprint density at radius 1 is 0.885 bits per heavy atom. The standard InChI is InChI=1S/C22H23NO3/c1-2-26-22(25)20-12-16-8-4-3-7-15(16)11-19(20)21(24)23-13-17-9-5-6-10-18(17)14-23/h3-10,19-20H,2,11-14H2,1H3/t19-,20-/m0/s1. The molecule has 2 atom stereocenters. The summed E-state index contributed by atoms with van der Waals surface area (Å²) in [5.74, 6) is -0.940. The van der Waals surface area contributed by atoms with Crippen molar-refractivity contribution in [3.8, 4) is 0 Å². The predicted molar refractivity (Wildman–Crippen MR) is 98.2 cm³/mol. The molecule has 1 amide bonds. The average molecular weight is 349 g/mol. The molecule has 0 fully saturated rings. The quantitative estimate of drug-likeness (QED) is 0.800. The summed E-state index contributed by atoms with van der Waals surface area (Å²) < 4.78 is 5.29. The third kappa shape index (κ3) is 3.00. The van der Waals surface area contributed by atoms with Crippen LogP contribution in [0.15, 0.2) is 48.5 Å². The number of ether oxygens (including phenoxy) is 1. The second kappa shape index (κ2) is 6.94. The lowest BCUT2D eigenvalue weighted by atomic mass is 9.75. The van der Waals surface area contributed by atoms with E-state index in [0.29, 0.717) is 32.5 Å². The highest BCUT2D eigenvalue weighted by Crippen LogP contribution is 2.34. The first-order chi connectivity index (χ1) is 12.7. The summed E-state index contributed by atoms with van der Waals surface area (Å²) in [6.07, 6.45) is 1.18. The highest BCUT2D eigenvalue weighted by molar-refractivity contribution is 5.87. The van der Waals surface area contributed by atoms with Gasteiger partial charge in [-0.3, -0.25) is 9.59 Å². The van der Waals surface area contributed by atoms with E-state index >= 15 is 0 Å². The molecule has 0 radical (unpaired) electrons. The van der Waals surface area contributed by atoms with E-state index in [9.17, 15) is 9.59 Å². The minimum atomic E-state index is -0.402. The summed E-state index contributed by atoms with van der Waals surface area (Å²) in [5.41, 5.74) is 4.72. The smallest absolute Gasteiger partial charge is 0.310 e. The van der Waals surface area contributed by atoms with Crippen molar-refractivity contribution in [2.75, 3.05) is 6.61 Å². The molecule has 0 saturated heterocycles. The van der Waals surface area contributed by atoms with Crippen molar-refractivity contribution in [3.05, 3.63) is 70.8 Å². The van der Waals surface area contributed by atoms with Crippen LogP contribution in [0.3, 0.4) is 0 Å². The van der Waals surface area contributed by atoms with E-state index in [1.165, 1.54) is 16.7 Å². The Hall–Kier alpha value is -2.62. The molecule has 2 aliphatic rings. The molecule has 0 aromatic heterocycles. The van der Waals surface area contributed by atoms with Crippen molar-refractivity contribution in [2.24, 2.45) is 11.8 Å². The van der Waals surface area contributed by atoms with E-state index in [0.717, 1.165) is 5.56 Å². The first-order valence-corrected chi connectivity index (χ1v) is 9.26. The van der Waals surface area contributed by atoms with Gasteiger partial charge < -0.3 is 9.64 Å². The number of rotatable bonds is 3. The Bertz CT molecular complexity index is 820. The summed E-state index contributed by atoms with van der Waals surface area (Å²) >= 11 is 0. The summed E-state index contributed by atoms with van der Waals surface area (Å²) in [6, 6.07) is 16.3. The monoisotopic (exact) mass is 349 g/mol. The Morgan fingerprint density at radius 2 is 1.38 bits per heavy atom. The maximum absolute atomic E-state index is 13.3. The molecule has 0 spiro atoms. The van der Waals surface area contributed by atoms with Crippen molar-refractivity contribution in [3.63, 3.8) is 0 Å². The van der Waals surface area contributed by atoms with Gasteiger partial charge in [0.1, 0.15) is 0 Å². The van der Waals surface area contributed by atoms with Gasteiger partial charge in [-0.25, -0.2) is 0 Å². The zero-order valence-corrected chi connectivity index (χ0v) is 15.0. The van der Waals surface area contributed by atoms with Gasteiger partial charge >= 0.3 is 5.97 Å². The van der Waals surface area contributed by atoms with Crippen molar-refractivity contribution in [1.82, 2.24) is 4.90 Å². The van der Waals surface area contributed by atoms with Crippen LogP contribution in [-0.2, 0) is 40.3 Å². The minimum absolute atomic E-state index is 0.0637. The second-order valence-corrected chi connectivity index (χ2v) is 7.11. The van der Waals surface area contributed by atoms with Gasteiger partial charge in [0.25, 0.3) is 0 Å². The van der Waals surface area contributed by atoms with Crippen LogP contribution in [0.4, 0.5) is 0 Å². The Labute approximate surface area is 153 Å². The van der Waals surface area contributed by atoms with Gasteiger partial charge in [-0.2, -0.15) is 0 Å². The fourth-order valence-corrected chi connectivity index (χ4v) is 4.19. The SMILES string of the molecule is CCOC(=O)[C@H]1Cc2ccccc2C[C@@H]1C(=O)N1Cc2ccccc2C1. The number of carbonyl (C=O) groups excluding carboxylic acids is 2. The molecule has 1 aliphatic carbocycles. The molecule has 1 heterocycles. The van der Waals surface area contributed by atoms with E-state index in [2.05, 4.69) is 18.2 Å². The largest absolute Gasteiger partial charge is 0.466 e. The van der Waals surface area contributed by atoms with Gasteiger partial charge in [-0.05, 0) is 42.0 Å². The fraction of sp³-hybridized carbons (Fsp3) is 0.364. The lowest BCUT2D eigenvalue weighted by Crippen LogP contribution is -2.43. The molecule has 0 bridgehead atoms. The number of fused-ring (bicyclic) bond motifs is 2. The normalized spacial score (nSPS) is 21.0. The highest BCUT2D eigenvalue weighted by Gasteiger charge is 2.41. The van der Waals surface area contributed by atoms with Gasteiger partial charge in [0.05, 0.1) is 18.4 Å². The van der Waals surface area contributed by atoms with E-state index in [4.69, 9.17) is 4.74 Å². The molecule has 134 valence electrons. The van der Waals surface area contributed by atoms with Crippen LogP contribution in [-0.4, -0.2) is 23.4 Å². The van der Waals surface area contributed by atoms with Crippen LogP contribution in [0.5, 0.6) is 0 Å². The zero-order valence-electron chi connectivity index (χ0n) is 15.0. The van der Waals surface area contributed by atoms with Crippen LogP contribution >= 0.6 is 0 Å². The Balaban J connectivity index is 1.60. The Morgan fingerprint density at radius 3 is 1.92 bits per heavy atom. The summed E-state index contributed by atoms with van der Waals surface area (Å²) in [7, 11) is 0. The number of esters is 1. The molecular formula is C22H23NO3. The van der Waals surface area contributed by atoms with Crippen LogP contribution < -0.4 is 0 Å². The molecule has 2 aromatic carbocycles. The molecule has 4 heteroatoms. The van der Waals surface area contributed by atoms with Crippen LogP contribution in [0, 0.1) is 11.8 Å². The van der Waals surface area contributed by atoms with Crippen LogP contribution in [0.25, 0.3) is 0 Å². The average Bonchev–Trinajstić information content (AvgIpc) is 3.10. The van der Waals surface area contributed by atoms with Gasteiger partial charge in [0, 0.05) is 13.1 Å². The molecule has 4 rings (SSSR count). The van der Waals surface area contributed by atoms with Gasteiger partial charge in [0.2, 0.25) is 5.91 Å². The van der Waals surface area contributed by atoms with Gasteiger partial charge in [-0.15, -0.1) is 0 Å². The summed E-state index contributed by atoms with van der Waals surface area (Å²) in [4.78, 5) is 27.8. The molecule has 26 heavy (non-hydrogen) atoms. The third-order valence-corrected chi connectivity index (χ3v) is 5.54. The van der Waals surface area contributed by atoms with E-state index < -0.39 is 5.92 Å². The van der Waals surface area contributed by atoms with Gasteiger partial charge in [0.15, 0.2) is 0 Å². The number of hydrogen-bond acceptors (Lipinski definition) is 3. The van der Waals surface area contributed by atoms with E-state index in [-0.39, 0.29) is 17.8 Å². The molecule has 0 N–H and O–H groups in total. The van der Waals surface area contributed by atoms with Crippen LogP contribution in [0.2, 0.25) is 0 Å². The predicted octanol–water partition coefficient (Wildman–Crippen LogP) is 3.12. The van der Waals surface area contributed by atoms with E-state index in [1.807, 2.05) is 42.2 Å². The molecule has 0 saturated carbocycles. The molecule has 4 nitrogen and oxygen atoms in total. The molecule has 1 aliphatic heterocycles. The lowest BCUT2D eigenvalue weighted by molar-refractivity contribution is -0.155. The summed E-state index contributed by atoms with van der Waals surface area (Å²) in [6.45, 7) is 3.40. The number of amides is 1. The van der Waals surface area contributed by atoms with E-state index in [1.54, 1.807) is 0 Å². The van der Waals surface area contributed by atoms with Gasteiger partial charge in [-0.1, -0.05) is 48.5 Å². The van der Waals surface area contributed by atoms with Crippen molar-refractivity contribution < 1.29 is 14.3 Å². The number of hydrogen-bond donors (Lipinski definition) is 0. The van der Waals surface area contributed by atoms with Crippen molar-refractivity contribution in [2.45, 2.75) is 32.9 Å². The number of benzene rings is 2. The zero-order chi connectivity index (χ0) is 18.1. The maximum Gasteiger partial charge on any atom is 0.310 e.